The maximum atomic E-state index is 9.80. The van der Waals surface area contributed by atoms with Crippen LogP contribution in [0, 0.1) is 5.92 Å². The highest BCUT2D eigenvalue weighted by Gasteiger charge is 2.55. The Hall–Kier alpha value is -0.900. The molecule has 2 aliphatic heterocycles. The van der Waals surface area contributed by atoms with E-state index in [4.69, 9.17) is 4.84 Å². The number of hydrogen-bond acceptors (Lipinski definition) is 3. The number of rotatable bonds is 2. The lowest BCUT2D eigenvalue weighted by molar-refractivity contribution is -0.252. The van der Waals surface area contributed by atoms with Gasteiger partial charge < -0.3 is 5.11 Å². The Bertz CT molecular complexity index is 491. The largest absolute Gasteiger partial charge is 0.396 e. The van der Waals surface area contributed by atoms with Gasteiger partial charge in [-0.05, 0) is 44.1 Å². The van der Waals surface area contributed by atoms with E-state index >= 15 is 0 Å². The van der Waals surface area contributed by atoms with Crippen LogP contribution in [0.25, 0.3) is 0 Å². The van der Waals surface area contributed by atoms with Crippen LogP contribution in [-0.4, -0.2) is 28.4 Å². The minimum atomic E-state index is 0.112. The molecular formula is C18H25NO2. The zero-order valence-corrected chi connectivity index (χ0v) is 12.6. The third kappa shape index (κ3) is 2.14. The van der Waals surface area contributed by atoms with Gasteiger partial charge in [-0.1, -0.05) is 36.8 Å². The lowest BCUT2D eigenvalue weighted by Crippen LogP contribution is -2.56. The minimum absolute atomic E-state index is 0.112. The highest BCUT2D eigenvalue weighted by molar-refractivity contribution is 5.19. The molecule has 3 fully saturated rings. The van der Waals surface area contributed by atoms with E-state index in [-0.39, 0.29) is 11.6 Å². The Labute approximate surface area is 126 Å². The second-order valence-corrected chi connectivity index (χ2v) is 6.99. The molecule has 4 atom stereocenters. The summed E-state index contributed by atoms with van der Waals surface area (Å²) in [6, 6.07) is 11.1. The van der Waals surface area contributed by atoms with E-state index in [2.05, 4.69) is 35.4 Å². The molecule has 3 aliphatic rings. The predicted octanol–water partition coefficient (Wildman–Crippen LogP) is 3.45. The zero-order valence-electron chi connectivity index (χ0n) is 12.6. The summed E-state index contributed by atoms with van der Waals surface area (Å²) in [7, 11) is 0. The number of hydroxylamine groups is 2. The van der Waals surface area contributed by atoms with Crippen LogP contribution >= 0.6 is 0 Å². The molecule has 3 heteroatoms. The molecule has 0 radical (unpaired) electrons. The molecule has 1 aromatic rings. The van der Waals surface area contributed by atoms with Crippen LogP contribution in [0.1, 0.15) is 56.6 Å². The number of aliphatic hydroxyl groups is 1. The Balaban J connectivity index is 1.61. The molecule has 1 N–H and O–H groups in total. The van der Waals surface area contributed by atoms with E-state index in [1.54, 1.807) is 0 Å². The van der Waals surface area contributed by atoms with Crippen LogP contribution in [0.15, 0.2) is 30.3 Å². The van der Waals surface area contributed by atoms with Gasteiger partial charge in [-0.2, -0.15) is 5.06 Å². The van der Waals surface area contributed by atoms with Crippen LogP contribution < -0.4 is 0 Å². The van der Waals surface area contributed by atoms with E-state index in [1.165, 1.54) is 37.7 Å². The predicted molar refractivity (Wildman–Crippen MR) is 81.5 cm³/mol. The van der Waals surface area contributed by atoms with Crippen LogP contribution in [0.3, 0.4) is 0 Å². The highest BCUT2D eigenvalue weighted by atomic mass is 16.7. The third-order valence-electron chi connectivity index (χ3n) is 5.96. The molecule has 3 nitrogen and oxygen atoms in total. The first kappa shape index (κ1) is 13.7. The second kappa shape index (κ2) is 5.38. The summed E-state index contributed by atoms with van der Waals surface area (Å²) >= 11 is 0. The minimum Gasteiger partial charge on any atom is -0.396 e. The van der Waals surface area contributed by atoms with Crippen LogP contribution in [0.5, 0.6) is 0 Å². The fourth-order valence-corrected chi connectivity index (χ4v) is 4.94. The Morgan fingerprint density at radius 3 is 2.67 bits per heavy atom. The van der Waals surface area contributed by atoms with Gasteiger partial charge in [0.05, 0.1) is 5.54 Å². The first-order valence-electron chi connectivity index (χ1n) is 8.45. The maximum absolute atomic E-state index is 9.80. The normalized spacial score (nSPS) is 39.8. The van der Waals surface area contributed by atoms with Gasteiger partial charge in [-0.25, -0.2) is 0 Å². The lowest BCUT2D eigenvalue weighted by Gasteiger charge is -2.48. The first-order chi connectivity index (χ1) is 10.3. The molecular weight excluding hydrogens is 262 g/mol. The number of aliphatic hydroxyl groups excluding tert-OH is 1. The summed E-state index contributed by atoms with van der Waals surface area (Å²) < 4.78 is 0. The number of hydrogen-bond donors (Lipinski definition) is 1. The molecule has 4 rings (SSSR count). The van der Waals surface area contributed by atoms with Gasteiger partial charge in [0.25, 0.3) is 0 Å². The van der Waals surface area contributed by atoms with Crippen molar-refractivity contribution in [1.29, 1.82) is 0 Å². The van der Waals surface area contributed by atoms with Gasteiger partial charge >= 0.3 is 0 Å². The number of benzene rings is 1. The zero-order chi connectivity index (χ0) is 14.3. The van der Waals surface area contributed by atoms with Gasteiger partial charge in [-0.15, -0.1) is 0 Å². The van der Waals surface area contributed by atoms with E-state index < -0.39 is 0 Å². The quantitative estimate of drug-likeness (QED) is 0.904. The monoisotopic (exact) mass is 287 g/mol. The van der Waals surface area contributed by atoms with E-state index in [0.717, 1.165) is 12.8 Å². The Morgan fingerprint density at radius 1 is 1.14 bits per heavy atom. The SMILES string of the molecule is OC[C@H]1CCC[C@]12CCC[C@H]1C[C@H](c3ccccc3)ON12. The van der Waals surface area contributed by atoms with Crippen LogP contribution in [-0.2, 0) is 4.84 Å². The van der Waals surface area contributed by atoms with Crippen molar-refractivity contribution in [3.05, 3.63) is 35.9 Å². The third-order valence-corrected chi connectivity index (χ3v) is 5.96. The number of nitrogens with zero attached hydrogens (tertiary/aromatic N) is 1. The molecule has 114 valence electrons. The van der Waals surface area contributed by atoms with Crippen molar-refractivity contribution in [2.45, 2.75) is 62.6 Å². The fraction of sp³-hybridized carbons (Fsp3) is 0.667. The summed E-state index contributed by atoms with van der Waals surface area (Å²) in [6.45, 7) is 0.308. The first-order valence-corrected chi connectivity index (χ1v) is 8.45. The van der Waals surface area contributed by atoms with Crippen molar-refractivity contribution in [2.75, 3.05) is 6.61 Å². The lowest BCUT2D eigenvalue weighted by atomic mass is 9.77. The number of fused-ring (bicyclic) bond motifs is 2. The van der Waals surface area contributed by atoms with Crippen molar-refractivity contribution in [3.63, 3.8) is 0 Å². The molecule has 1 aliphatic carbocycles. The summed E-state index contributed by atoms with van der Waals surface area (Å²) in [6.07, 6.45) is 8.58. The van der Waals surface area contributed by atoms with Crippen molar-refractivity contribution < 1.29 is 9.94 Å². The smallest absolute Gasteiger partial charge is 0.106 e. The van der Waals surface area contributed by atoms with Crippen molar-refractivity contribution in [2.24, 2.45) is 5.92 Å². The topological polar surface area (TPSA) is 32.7 Å². The van der Waals surface area contributed by atoms with Crippen molar-refractivity contribution >= 4 is 0 Å². The summed E-state index contributed by atoms with van der Waals surface area (Å²) in [5.74, 6) is 0.398. The molecule has 0 amide bonds. The number of piperidine rings is 1. The molecule has 1 saturated carbocycles. The maximum Gasteiger partial charge on any atom is 0.106 e. The molecule has 21 heavy (non-hydrogen) atoms. The van der Waals surface area contributed by atoms with E-state index in [0.29, 0.717) is 18.6 Å². The molecule has 0 bridgehead atoms. The average Bonchev–Trinajstić information content (AvgIpc) is 3.14. The van der Waals surface area contributed by atoms with Crippen molar-refractivity contribution in [1.82, 2.24) is 5.06 Å². The molecule has 2 saturated heterocycles. The van der Waals surface area contributed by atoms with E-state index in [9.17, 15) is 5.11 Å². The standard InChI is InChI=1S/C18H25NO2/c20-13-15-8-4-10-18(15)11-5-9-16-12-17(21-19(16)18)14-6-2-1-3-7-14/h1-3,6-7,15-17,20H,4-5,8-13H2/t15-,16+,17-,18+/m1/s1. The van der Waals surface area contributed by atoms with E-state index in [1.807, 2.05) is 0 Å². The van der Waals surface area contributed by atoms with Gasteiger partial charge in [0.2, 0.25) is 0 Å². The second-order valence-electron chi connectivity index (χ2n) is 6.99. The fourth-order valence-electron chi connectivity index (χ4n) is 4.94. The molecule has 1 spiro atoms. The Morgan fingerprint density at radius 2 is 1.90 bits per heavy atom. The van der Waals surface area contributed by atoms with Crippen molar-refractivity contribution in [3.8, 4) is 0 Å². The summed E-state index contributed by atoms with van der Waals surface area (Å²) in [5, 5.41) is 12.1. The Kier molecular flexibility index (Phi) is 3.52. The molecule has 1 aromatic carbocycles. The van der Waals surface area contributed by atoms with Gasteiger partial charge in [0.15, 0.2) is 0 Å². The summed E-state index contributed by atoms with van der Waals surface area (Å²) in [5.41, 5.74) is 1.40. The van der Waals surface area contributed by atoms with Gasteiger partial charge in [0.1, 0.15) is 6.10 Å². The molecule has 2 heterocycles. The molecule has 0 unspecified atom stereocenters. The highest BCUT2D eigenvalue weighted by Crippen LogP contribution is 2.52. The van der Waals surface area contributed by atoms with Gasteiger partial charge in [0, 0.05) is 18.6 Å². The van der Waals surface area contributed by atoms with Crippen LogP contribution in [0.4, 0.5) is 0 Å². The van der Waals surface area contributed by atoms with Crippen LogP contribution in [0.2, 0.25) is 0 Å². The summed E-state index contributed by atoms with van der Waals surface area (Å²) in [4.78, 5) is 6.44. The average molecular weight is 287 g/mol. The molecule has 0 aromatic heterocycles. The van der Waals surface area contributed by atoms with Gasteiger partial charge in [-0.3, -0.25) is 4.84 Å².